The summed E-state index contributed by atoms with van der Waals surface area (Å²) in [6, 6.07) is 0. The van der Waals surface area contributed by atoms with Gasteiger partial charge < -0.3 is 10.6 Å². The van der Waals surface area contributed by atoms with E-state index in [1.54, 1.807) is 0 Å². The summed E-state index contributed by atoms with van der Waals surface area (Å²) in [7, 11) is 0. The van der Waals surface area contributed by atoms with Crippen molar-refractivity contribution in [2.75, 3.05) is 19.6 Å². The van der Waals surface area contributed by atoms with E-state index in [9.17, 15) is 4.79 Å². The van der Waals surface area contributed by atoms with Crippen molar-refractivity contribution in [3.63, 3.8) is 0 Å². The van der Waals surface area contributed by atoms with E-state index in [1.165, 1.54) is 25.7 Å². The van der Waals surface area contributed by atoms with Crippen LogP contribution in [0.2, 0.25) is 0 Å². The minimum absolute atomic E-state index is 0. The van der Waals surface area contributed by atoms with Crippen LogP contribution < -0.4 is 10.6 Å². The van der Waals surface area contributed by atoms with Gasteiger partial charge in [0.2, 0.25) is 5.91 Å². The van der Waals surface area contributed by atoms with Gasteiger partial charge in [0, 0.05) is 13.0 Å². The Morgan fingerprint density at radius 2 is 2.06 bits per heavy atom. The molecule has 1 saturated heterocycles. The Morgan fingerprint density at radius 1 is 1.25 bits per heavy atom. The zero-order valence-corrected chi connectivity index (χ0v) is 10.7. The summed E-state index contributed by atoms with van der Waals surface area (Å²) >= 11 is 0. The first-order chi connectivity index (χ1) is 7.34. The van der Waals surface area contributed by atoms with Gasteiger partial charge in [-0.3, -0.25) is 4.79 Å². The lowest BCUT2D eigenvalue weighted by atomic mass is 9.82. The van der Waals surface area contributed by atoms with Crippen molar-refractivity contribution in [1.29, 1.82) is 0 Å². The first kappa shape index (κ1) is 13.8. The summed E-state index contributed by atoms with van der Waals surface area (Å²) < 4.78 is 0. The largest absolute Gasteiger partial charge is 0.356 e. The third-order valence-corrected chi connectivity index (χ3v) is 3.75. The van der Waals surface area contributed by atoms with E-state index in [2.05, 4.69) is 10.6 Å². The van der Waals surface area contributed by atoms with Crippen molar-refractivity contribution in [3.8, 4) is 0 Å². The predicted molar refractivity (Wildman–Crippen MR) is 67.8 cm³/mol. The first-order valence-electron chi connectivity index (χ1n) is 6.32. The van der Waals surface area contributed by atoms with Crippen LogP contribution in [0, 0.1) is 11.8 Å². The third-order valence-electron chi connectivity index (χ3n) is 3.75. The molecule has 1 amide bonds. The van der Waals surface area contributed by atoms with Gasteiger partial charge in [-0.05, 0) is 37.8 Å². The van der Waals surface area contributed by atoms with E-state index in [0.717, 1.165) is 38.4 Å². The molecule has 1 atom stereocenters. The Morgan fingerprint density at radius 3 is 2.62 bits per heavy atom. The van der Waals surface area contributed by atoms with Crippen molar-refractivity contribution < 1.29 is 4.79 Å². The molecule has 0 aromatic heterocycles. The van der Waals surface area contributed by atoms with E-state index in [-0.39, 0.29) is 18.3 Å². The molecule has 1 aliphatic carbocycles. The van der Waals surface area contributed by atoms with Gasteiger partial charge >= 0.3 is 0 Å². The summed E-state index contributed by atoms with van der Waals surface area (Å²) in [6.07, 6.45) is 7.13. The number of hydrogen-bond donors (Lipinski definition) is 2. The van der Waals surface area contributed by atoms with Crippen LogP contribution in [0.25, 0.3) is 0 Å². The van der Waals surface area contributed by atoms with Gasteiger partial charge in [-0.15, -0.1) is 12.4 Å². The van der Waals surface area contributed by atoms with E-state index in [0.29, 0.717) is 5.92 Å². The smallest absolute Gasteiger partial charge is 0.220 e. The number of rotatable bonds is 5. The highest BCUT2D eigenvalue weighted by Gasteiger charge is 2.19. The van der Waals surface area contributed by atoms with E-state index in [1.807, 2.05) is 0 Å². The lowest BCUT2D eigenvalue weighted by molar-refractivity contribution is -0.121. The van der Waals surface area contributed by atoms with Crippen LogP contribution in [0.1, 0.15) is 38.5 Å². The maximum Gasteiger partial charge on any atom is 0.220 e. The Hall–Kier alpha value is -0.280. The molecule has 0 aromatic rings. The summed E-state index contributed by atoms with van der Waals surface area (Å²) in [6.45, 7) is 3.06. The van der Waals surface area contributed by atoms with Crippen molar-refractivity contribution in [2.24, 2.45) is 11.8 Å². The fourth-order valence-electron chi connectivity index (χ4n) is 2.35. The van der Waals surface area contributed by atoms with Crippen molar-refractivity contribution in [2.45, 2.75) is 38.5 Å². The van der Waals surface area contributed by atoms with Gasteiger partial charge in [0.15, 0.2) is 0 Å². The molecule has 1 saturated carbocycles. The Bertz CT molecular complexity index is 213. The molecule has 0 spiro atoms. The first-order valence-corrected chi connectivity index (χ1v) is 6.32. The van der Waals surface area contributed by atoms with Crippen molar-refractivity contribution in [3.05, 3.63) is 0 Å². The summed E-state index contributed by atoms with van der Waals surface area (Å²) in [5.74, 6) is 1.77. The highest BCUT2D eigenvalue weighted by Crippen LogP contribution is 2.30. The highest BCUT2D eigenvalue weighted by atomic mass is 35.5. The normalized spacial score (nSPS) is 24.6. The van der Waals surface area contributed by atoms with Gasteiger partial charge in [0.05, 0.1) is 0 Å². The molecular weight excluding hydrogens is 224 g/mol. The van der Waals surface area contributed by atoms with Crippen LogP contribution in [0.15, 0.2) is 0 Å². The standard InChI is InChI=1S/C12H22N2O.ClH/c15-12(5-4-10-2-1-3-10)14-9-11-6-7-13-8-11;/h10-11,13H,1-9H2,(H,14,15);1H. The molecule has 0 aromatic carbocycles. The zero-order chi connectivity index (χ0) is 10.5. The second-order valence-corrected chi connectivity index (χ2v) is 5.00. The molecule has 2 fully saturated rings. The molecule has 1 heterocycles. The van der Waals surface area contributed by atoms with Crippen LogP contribution in [-0.4, -0.2) is 25.5 Å². The summed E-state index contributed by atoms with van der Waals surface area (Å²) in [4.78, 5) is 11.5. The van der Waals surface area contributed by atoms with Crippen LogP contribution in [0.4, 0.5) is 0 Å². The topological polar surface area (TPSA) is 41.1 Å². The Labute approximate surface area is 104 Å². The van der Waals surface area contributed by atoms with Crippen LogP contribution in [-0.2, 0) is 4.79 Å². The molecule has 16 heavy (non-hydrogen) atoms. The van der Waals surface area contributed by atoms with Crippen molar-refractivity contribution in [1.82, 2.24) is 10.6 Å². The maximum absolute atomic E-state index is 11.5. The highest BCUT2D eigenvalue weighted by molar-refractivity contribution is 5.85. The lowest BCUT2D eigenvalue weighted by Crippen LogP contribution is -2.30. The number of carbonyl (C=O) groups is 1. The van der Waals surface area contributed by atoms with E-state index in [4.69, 9.17) is 0 Å². The number of nitrogens with one attached hydrogen (secondary N) is 2. The quantitative estimate of drug-likeness (QED) is 0.776. The molecule has 0 bridgehead atoms. The molecule has 1 unspecified atom stereocenters. The van der Waals surface area contributed by atoms with Gasteiger partial charge in [-0.2, -0.15) is 0 Å². The molecule has 3 nitrogen and oxygen atoms in total. The predicted octanol–water partition coefficient (Wildman–Crippen LogP) is 1.71. The van der Waals surface area contributed by atoms with Gasteiger partial charge in [0.25, 0.3) is 0 Å². The van der Waals surface area contributed by atoms with E-state index >= 15 is 0 Å². The maximum atomic E-state index is 11.5. The third kappa shape index (κ3) is 4.30. The van der Waals surface area contributed by atoms with Crippen LogP contribution >= 0.6 is 12.4 Å². The summed E-state index contributed by atoms with van der Waals surface area (Å²) in [5.41, 5.74) is 0. The number of halogens is 1. The second kappa shape index (κ2) is 7.13. The van der Waals surface area contributed by atoms with Crippen LogP contribution in [0.5, 0.6) is 0 Å². The minimum atomic E-state index is 0. The monoisotopic (exact) mass is 246 g/mol. The molecular formula is C12H23ClN2O. The lowest BCUT2D eigenvalue weighted by Gasteiger charge is -2.24. The fraction of sp³-hybridized carbons (Fsp3) is 0.917. The molecule has 2 N–H and O–H groups in total. The molecule has 0 radical (unpaired) electrons. The SMILES string of the molecule is Cl.O=C(CCC1CCC1)NCC1CCNC1. The minimum Gasteiger partial charge on any atom is -0.356 e. The number of carbonyl (C=O) groups excluding carboxylic acids is 1. The van der Waals surface area contributed by atoms with Crippen molar-refractivity contribution >= 4 is 18.3 Å². The zero-order valence-electron chi connectivity index (χ0n) is 9.84. The molecule has 4 heteroatoms. The molecule has 2 rings (SSSR count). The Balaban J connectivity index is 0.00000128. The van der Waals surface area contributed by atoms with E-state index < -0.39 is 0 Å². The average molecular weight is 247 g/mol. The Kier molecular flexibility index (Phi) is 6.14. The number of hydrogen-bond acceptors (Lipinski definition) is 2. The molecule has 94 valence electrons. The van der Waals surface area contributed by atoms with Gasteiger partial charge in [0.1, 0.15) is 0 Å². The second-order valence-electron chi connectivity index (χ2n) is 5.00. The average Bonchev–Trinajstić information content (AvgIpc) is 2.64. The molecule has 2 aliphatic rings. The molecule has 1 aliphatic heterocycles. The van der Waals surface area contributed by atoms with Gasteiger partial charge in [-0.25, -0.2) is 0 Å². The van der Waals surface area contributed by atoms with Gasteiger partial charge in [-0.1, -0.05) is 19.3 Å². The van der Waals surface area contributed by atoms with Crippen LogP contribution in [0.3, 0.4) is 0 Å². The fourth-order valence-corrected chi connectivity index (χ4v) is 2.35. The number of amides is 1. The summed E-state index contributed by atoms with van der Waals surface area (Å²) in [5, 5.41) is 6.36.